The molecule has 1 saturated carbocycles. The van der Waals surface area contributed by atoms with E-state index in [0.717, 1.165) is 24.9 Å². The Morgan fingerprint density at radius 3 is 2.58 bits per heavy atom. The van der Waals surface area contributed by atoms with Crippen LogP contribution >= 0.6 is 0 Å². The molecule has 0 spiro atoms. The molecule has 1 aromatic heterocycles. The van der Waals surface area contributed by atoms with Gasteiger partial charge in [-0.15, -0.1) is 0 Å². The van der Waals surface area contributed by atoms with E-state index in [1.165, 1.54) is 0 Å². The van der Waals surface area contributed by atoms with Gasteiger partial charge in [0.2, 0.25) is 5.91 Å². The molecule has 4 nitrogen and oxygen atoms in total. The molecule has 1 N–H and O–H groups in total. The van der Waals surface area contributed by atoms with E-state index in [9.17, 15) is 4.79 Å². The van der Waals surface area contributed by atoms with Crippen LogP contribution in [0.3, 0.4) is 0 Å². The number of likely N-dealkylation sites (N-methyl/N-ethyl adjacent to an activating group) is 1. The molecule has 0 saturated heterocycles. The molecule has 0 aliphatic heterocycles. The van der Waals surface area contributed by atoms with Crippen LogP contribution in [0.5, 0.6) is 0 Å². The van der Waals surface area contributed by atoms with Crippen molar-refractivity contribution in [3.63, 3.8) is 0 Å². The maximum Gasteiger partial charge on any atom is 0.242 e. The van der Waals surface area contributed by atoms with Gasteiger partial charge in [-0.05, 0) is 50.9 Å². The molecular weight excluding hydrogens is 238 g/mol. The minimum absolute atomic E-state index is 0.189. The van der Waals surface area contributed by atoms with E-state index in [-0.39, 0.29) is 5.91 Å². The van der Waals surface area contributed by atoms with Crippen LogP contribution in [0.2, 0.25) is 0 Å². The first-order valence-corrected chi connectivity index (χ1v) is 6.99. The largest absolute Gasteiger partial charge is 0.334 e. The van der Waals surface area contributed by atoms with Crippen LogP contribution in [-0.2, 0) is 11.3 Å². The number of nitrogens with zero attached hydrogens (tertiary/aromatic N) is 2. The van der Waals surface area contributed by atoms with Crippen LogP contribution in [0.15, 0.2) is 24.5 Å². The molecule has 1 amide bonds. The Hall–Kier alpha value is -1.42. The predicted octanol–water partition coefficient (Wildman–Crippen LogP) is 1.96. The van der Waals surface area contributed by atoms with Gasteiger partial charge in [0.1, 0.15) is 0 Å². The summed E-state index contributed by atoms with van der Waals surface area (Å²) in [5.41, 5.74) is 0.646. The fraction of sp³-hybridized carbons (Fsp3) is 0.600. The lowest BCUT2D eigenvalue weighted by Crippen LogP contribution is -2.54. The highest BCUT2D eigenvalue weighted by Crippen LogP contribution is 2.30. The number of amides is 1. The molecule has 1 aromatic rings. The fourth-order valence-corrected chi connectivity index (χ4v) is 2.31. The normalized spacial score (nSPS) is 15.3. The van der Waals surface area contributed by atoms with Gasteiger partial charge >= 0.3 is 0 Å². The molecule has 0 aromatic carbocycles. The summed E-state index contributed by atoms with van der Waals surface area (Å²) in [6.45, 7) is 7.42. The zero-order valence-corrected chi connectivity index (χ0v) is 12.0. The predicted molar refractivity (Wildman–Crippen MR) is 75.6 cm³/mol. The van der Waals surface area contributed by atoms with Crippen molar-refractivity contribution in [3.8, 4) is 0 Å². The van der Waals surface area contributed by atoms with Crippen molar-refractivity contribution >= 4 is 5.91 Å². The Morgan fingerprint density at radius 1 is 1.42 bits per heavy atom. The first kappa shape index (κ1) is 14.0. The first-order chi connectivity index (χ1) is 9.04. The van der Waals surface area contributed by atoms with Gasteiger partial charge in [-0.3, -0.25) is 9.78 Å². The Morgan fingerprint density at radius 2 is 2.05 bits per heavy atom. The summed E-state index contributed by atoms with van der Waals surface area (Å²) >= 11 is 0. The number of nitrogens with one attached hydrogen (secondary N) is 1. The number of carbonyl (C=O) groups excluding carboxylic acids is 1. The standard InChI is InChI=1S/C15H23N3O/c1-4-17-15(2,3)14(19)18(13-5-6-13)11-12-7-9-16-10-8-12/h7-10,13,17H,4-6,11H2,1-3H3. The monoisotopic (exact) mass is 261 g/mol. The van der Waals surface area contributed by atoms with Crippen LogP contribution in [0.1, 0.15) is 39.2 Å². The highest BCUT2D eigenvalue weighted by Gasteiger charge is 2.39. The smallest absolute Gasteiger partial charge is 0.242 e. The molecule has 104 valence electrons. The Bertz CT molecular complexity index is 426. The maximum atomic E-state index is 12.7. The number of rotatable bonds is 6. The van der Waals surface area contributed by atoms with Crippen LogP contribution in [0.25, 0.3) is 0 Å². The highest BCUT2D eigenvalue weighted by molar-refractivity contribution is 5.86. The van der Waals surface area contributed by atoms with E-state index in [1.807, 2.05) is 37.8 Å². The summed E-state index contributed by atoms with van der Waals surface area (Å²) < 4.78 is 0. The number of hydrogen-bond donors (Lipinski definition) is 1. The molecule has 1 fully saturated rings. The second kappa shape index (κ2) is 5.70. The van der Waals surface area contributed by atoms with Gasteiger partial charge in [-0.2, -0.15) is 0 Å². The van der Waals surface area contributed by atoms with Crippen molar-refractivity contribution in [1.29, 1.82) is 0 Å². The lowest BCUT2D eigenvalue weighted by atomic mass is 10.0. The summed E-state index contributed by atoms with van der Waals surface area (Å²) in [6, 6.07) is 4.37. The van der Waals surface area contributed by atoms with Crippen molar-refractivity contribution in [2.45, 2.75) is 51.7 Å². The van der Waals surface area contributed by atoms with E-state index in [1.54, 1.807) is 12.4 Å². The van der Waals surface area contributed by atoms with Crippen LogP contribution in [0.4, 0.5) is 0 Å². The summed E-state index contributed by atoms with van der Waals surface area (Å²) in [6.07, 6.45) is 5.80. The van der Waals surface area contributed by atoms with Gasteiger partial charge < -0.3 is 10.2 Å². The van der Waals surface area contributed by atoms with E-state index < -0.39 is 5.54 Å². The fourth-order valence-electron chi connectivity index (χ4n) is 2.31. The van der Waals surface area contributed by atoms with E-state index in [0.29, 0.717) is 12.6 Å². The van der Waals surface area contributed by atoms with Gasteiger partial charge in [-0.1, -0.05) is 6.92 Å². The molecule has 19 heavy (non-hydrogen) atoms. The highest BCUT2D eigenvalue weighted by atomic mass is 16.2. The minimum Gasteiger partial charge on any atom is -0.334 e. The summed E-state index contributed by atoms with van der Waals surface area (Å²) in [7, 11) is 0. The van der Waals surface area contributed by atoms with E-state index >= 15 is 0 Å². The van der Waals surface area contributed by atoms with Crippen molar-refractivity contribution in [3.05, 3.63) is 30.1 Å². The van der Waals surface area contributed by atoms with Gasteiger partial charge in [0, 0.05) is 25.0 Å². The summed E-state index contributed by atoms with van der Waals surface area (Å²) in [5, 5.41) is 3.27. The average molecular weight is 261 g/mol. The molecule has 1 heterocycles. The molecule has 1 aliphatic rings. The molecular formula is C15H23N3O. The number of pyridine rings is 1. The molecule has 2 rings (SSSR count). The van der Waals surface area contributed by atoms with Crippen molar-refractivity contribution in [2.75, 3.05) is 6.54 Å². The maximum absolute atomic E-state index is 12.7. The van der Waals surface area contributed by atoms with Crippen LogP contribution < -0.4 is 5.32 Å². The molecule has 0 radical (unpaired) electrons. The second-order valence-electron chi connectivity index (χ2n) is 5.68. The first-order valence-electron chi connectivity index (χ1n) is 6.99. The summed E-state index contributed by atoms with van der Waals surface area (Å²) in [4.78, 5) is 18.7. The number of hydrogen-bond acceptors (Lipinski definition) is 3. The quantitative estimate of drug-likeness (QED) is 0.851. The third-order valence-corrected chi connectivity index (χ3v) is 3.50. The van der Waals surface area contributed by atoms with Gasteiger partial charge in [0.05, 0.1) is 5.54 Å². The van der Waals surface area contributed by atoms with Crippen LogP contribution in [-0.4, -0.2) is 33.9 Å². The van der Waals surface area contributed by atoms with Gasteiger partial charge in [0.15, 0.2) is 0 Å². The van der Waals surface area contributed by atoms with Crippen molar-refractivity contribution in [1.82, 2.24) is 15.2 Å². The third-order valence-electron chi connectivity index (χ3n) is 3.50. The summed E-state index contributed by atoms with van der Waals surface area (Å²) in [5.74, 6) is 0.189. The Kier molecular flexibility index (Phi) is 4.20. The Labute approximate surface area is 115 Å². The Balaban J connectivity index is 2.10. The molecule has 0 atom stereocenters. The average Bonchev–Trinajstić information content (AvgIpc) is 3.20. The lowest BCUT2D eigenvalue weighted by molar-refractivity contribution is -0.138. The topological polar surface area (TPSA) is 45.2 Å². The zero-order chi connectivity index (χ0) is 13.9. The second-order valence-corrected chi connectivity index (χ2v) is 5.68. The molecule has 0 bridgehead atoms. The van der Waals surface area contributed by atoms with Crippen molar-refractivity contribution in [2.24, 2.45) is 0 Å². The van der Waals surface area contributed by atoms with E-state index in [4.69, 9.17) is 0 Å². The minimum atomic E-state index is -0.496. The zero-order valence-electron chi connectivity index (χ0n) is 12.0. The van der Waals surface area contributed by atoms with Crippen LogP contribution in [0, 0.1) is 0 Å². The number of carbonyl (C=O) groups is 1. The molecule has 4 heteroatoms. The van der Waals surface area contributed by atoms with Gasteiger partial charge in [-0.25, -0.2) is 0 Å². The van der Waals surface area contributed by atoms with E-state index in [2.05, 4.69) is 10.3 Å². The SMILES string of the molecule is CCNC(C)(C)C(=O)N(Cc1ccncc1)C1CC1. The molecule has 1 aliphatic carbocycles. The number of aromatic nitrogens is 1. The lowest BCUT2D eigenvalue weighted by Gasteiger charge is -2.32. The molecule has 0 unspecified atom stereocenters. The third kappa shape index (κ3) is 3.53. The van der Waals surface area contributed by atoms with Crippen molar-refractivity contribution < 1.29 is 4.79 Å². The van der Waals surface area contributed by atoms with Gasteiger partial charge in [0.25, 0.3) is 0 Å².